The number of carbonyl (C=O) groups excluding carboxylic acids is 2. The van der Waals surface area contributed by atoms with Crippen LogP contribution in [0.5, 0.6) is 5.75 Å². The number of rotatable bonds is 9. The second-order valence-electron chi connectivity index (χ2n) is 7.25. The van der Waals surface area contributed by atoms with Gasteiger partial charge < -0.3 is 20.3 Å². The minimum absolute atomic E-state index is 0.00195. The molecule has 1 heterocycles. The normalized spacial score (nSPS) is 14.0. The molecule has 0 bridgehead atoms. The zero-order chi connectivity index (χ0) is 22.1. The SMILES string of the molecule is O=C(NCCNc1ccccc1[N+](=O)[O-])C1CCN(C(=O)COc2ccccc2)CC1. The number of para-hydroxylation sites is 3. The van der Waals surface area contributed by atoms with Crippen molar-refractivity contribution in [2.24, 2.45) is 5.92 Å². The molecule has 0 atom stereocenters. The fraction of sp³-hybridized carbons (Fsp3) is 0.364. The van der Waals surface area contributed by atoms with Gasteiger partial charge in [0.2, 0.25) is 5.91 Å². The molecule has 2 aromatic rings. The third-order valence-electron chi connectivity index (χ3n) is 5.16. The smallest absolute Gasteiger partial charge is 0.292 e. The number of benzene rings is 2. The third-order valence-corrected chi connectivity index (χ3v) is 5.16. The Labute approximate surface area is 180 Å². The summed E-state index contributed by atoms with van der Waals surface area (Å²) < 4.78 is 5.50. The van der Waals surface area contributed by atoms with Gasteiger partial charge in [-0.2, -0.15) is 0 Å². The van der Waals surface area contributed by atoms with Crippen molar-refractivity contribution in [3.8, 4) is 5.75 Å². The van der Waals surface area contributed by atoms with Crippen LogP contribution in [-0.4, -0.2) is 54.4 Å². The van der Waals surface area contributed by atoms with E-state index in [1.54, 1.807) is 35.2 Å². The number of piperidine rings is 1. The Morgan fingerprint density at radius 2 is 1.71 bits per heavy atom. The van der Waals surface area contributed by atoms with E-state index in [1.165, 1.54) is 6.07 Å². The number of carbonyl (C=O) groups is 2. The highest BCUT2D eigenvalue weighted by atomic mass is 16.6. The quantitative estimate of drug-likeness (QED) is 0.362. The molecule has 3 rings (SSSR count). The number of likely N-dealkylation sites (tertiary alicyclic amines) is 1. The van der Waals surface area contributed by atoms with Gasteiger partial charge in [-0.15, -0.1) is 0 Å². The number of hydrogen-bond acceptors (Lipinski definition) is 6. The highest BCUT2D eigenvalue weighted by molar-refractivity contribution is 5.80. The van der Waals surface area contributed by atoms with E-state index in [2.05, 4.69) is 10.6 Å². The Bertz CT molecular complexity index is 898. The lowest BCUT2D eigenvalue weighted by Crippen LogP contribution is -2.45. The first-order valence-electron chi connectivity index (χ1n) is 10.2. The number of nitrogens with one attached hydrogen (secondary N) is 2. The number of ether oxygens (including phenoxy) is 1. The number of anilines is 1. The highest BCUT2D eigenvalue weighted by Gasteiger charge is 2.27. The van der Waals surface area contributed by atoms with Crippen LogP contribution < -0.4 is 15.4 Å². The topological polar surface area (TPSA) is 114 Å². The van der Waals surface area contributed by atoms with Crippen LogP contribution in [0.25, 0.3) is 0 Å². The number of amides is 2. The second-order valence-corrected chi connectivity index (χ2v) is 7.25. The number of hydrogen-bond donors (Lipinski definition) is 2. The minimum atomic E-state index is -0.444. The largest absolute Gasteiger partial charge is 0.484 e. The van der Waals surface area contributed by atoms with Crippen LogP contribution >= 0.6 is 0 Å². The van der Waals surface area contributed by atoms with Crippen molar-refractivity contribution in [1.29, 1.82) is 0 Å². The standard InChI is InChI=1S/C22H26N4O5/c27-21(16-31-18-6-2-1-3-7-18)25-14-10-17(11-15-25)22(28)24-13-12-23-19-8-4-5-9-20(19)26(29)30/h1-9,17,23H,10-16H2,(H,24,28). The number of nitro benzene ring substituents is 1. The van der Waals surface area contributed by atoms with Crippen molar-refractivity contribution in [2.45, 2.75) is 12.8 Å². The fourth-order valence-electron chi connectivity index (χ4n) is 3.45. The minimum Gasteiger partial charge on any atom is -0.484 e. The molecule has 0 unspecified atom stereocenters. The molecule has 2 N–H and O–H groups in total. The maximum atomic E-state index is 12.4. The van der Waals surface area contributed by atoms with Gasteiger partial charge in [0.1, 0.15) is 11.4 Å². The van der Waals surface area contributed by atoms with Crippen LogP contribution in [-0.2, 0) is 9.59 Å². The molecular formula is C22H26N4O5. The molecule has 1 fully saturated rings. The summed E-state index contributed by atoms with van der Waals surface area (Å²) in [4.78, 5) is 37.0. The molecule has 1 aliphatic rings. The summed E-state index contributed by atoms with van der Waals surface area (Å²) >= 11 is 0. The monoisotopic (exact) mass is 426 g/mol. The molecule has 9 nitrogen and oxygen atoms in total. The summed E-state index contributed by atoms with van der Waals surface area (Å²) in [5, 5.41) is 16.9. The van der Waals surface area contributed by atoms with E-state index in [0.717, 1.165) is 0 Å². The summed E-state index contributed by atoms with van der Waals surface area (Å²) in [7, 11) is 0. The molecular weight excluding hydrogens is 400 g/mol. The first-order chi connectivity index (χ1) is 15.0. The zero-order valence-corrected chi connectivity index (χ0v) is 17.2. The van der Waals surface area contributed by atoms with E-state index < -0.39 is 4.92 Å². The molecule has 2 amide bonds. The zero-order valence-electron chi connectivity index (χ0n) is 17.2. The van der Waals surface area contributed by atoms with Crippen molar-refractivity contribution in [1.82, 2.24) is 10.2 Å². The summed E-state index contributed by atoms with van der Waals surface area (Å²) in [6.45, 7) is 1.75. The van der Waals surface area contributed by atoms with E-state index in [1.807, 2.05) is 18.2 Å². The van der Waals surface area contributed by atoms with Crippen molar-refractivity contribution in [3.63, 3.8) is 0 Å². The van der Waals surface area contributed by atoms with Crippen molar-refractivity contribution in [3.05, 3.63) is 64.7 Å². The molecule has 2 aromatic carbocycles. The maximum Gasteiger partial charge on any atom is 0.292 e. The average Bonchev–Trinajstić information content (AvgIpc) is 2.81. The van der Waals surface area contributed by atoms with Gasteiger partial charge in [0.05, 0.1) is 4.92 Å². The van der Waals surface area contributed by atoms with Crippen LogP contribution in [0.2, 0.25) is 0 Å². The van der Waals surface area contributed by atoms with Crippen molar-refractivity contribution >= 4 is 23.2 Å². The van der Waals surface area contributed by atoms with Crippen LogP contribution in [0.3, 0.4) is 0 Å². The van der Waals surface area contributed by atoms with Gasteiger partial charge in [0.15, 0.2) is 6.61 Å². The predicted molar refractivity (Wildman–Crippen MR) is 116 cm³/mol. The van der Waals surface area contributed by atoms with Gasteiger partial charge in [-0.25, -0.2) is 0 Å². The van der Waals surface area contributed by atoms with Crippen molar-refractivity contribution in [2.75, 3.05) is 38.1 Å². The van der Waals surface area contributed by atoms with E-state index in [0.29, 0.717) is 50.5 Å². The van der Waals surface area contributed by atoms with Gasteiger partial charge >= 0.3 is 0 Å². The van der Waals surface area contributed by atoms with Crippen LogP contribution in [0.15, 0.2) is 54.6 Å². The van der Waals surface area contributed by atoms with Gasteiger partial charge in [0, 0.05) is 38.2 Å². The first-order valence-corrected chi connectivity index (χ1v) is 10.2. The molecule has 0 saturated carbocycles. The van der Waals surface area contributed by atoms with E-state index in [-0.39, 0.29) is 30.0 Å². The molecule has 31 heavy (non-hydrogen) atoms. The highest BCUT2D eigenvalue weighted by Crippen LogP contribution is 2.22. The van der Waals surface area contributed by atoms with E-state index in [4.69, 9.17) is 4.74 Å². The number of nitro groups is 1. The third kappa shape index (κ3) is 6.43. The Morgan fingerprint density at radius 3 is 2.42 bits per heavy atom. The maximum absolute atomic E-state index is 12.4. The van der Waals surface area contributed by atoms with Gasteiger partial charge in [0.25, 0.3) is 11.6 Å². The fourth-order valence-corrected chi connectivity index (χ4v) is 3.45. The summed E-state index contributed by atoms with van der Waals surface area (Å²) in [5.74, 6) is 0.359. The Morgan fingerprint density at radius 1 is 1.03 bits per heavy atom. The Balaban J connectivity index is 1.34. The van der Waals surface area contributed by atoms with Gasteiger partial charge in [-0.3, -0.25) is 19.7 Å². The lowest BCUT2D eigenvalue weighted by atomic mass is 9.96. The predicted octanol–water partition coefficient (Wildman–Crippen LogP) is 2.44. The lowest BCUT2D eigenvalue weighted by Gasteiger charge is -2.31. The van der Waals surface area contributed by atoms with Crippen LogP contribution in [0.4, 0.5) is 11.4 Å². The molecule has 164 valence electrons. The molecule has 9 heteroatoms. The van der Waals surface area contributed by atoms with Crippen LogP contribution in [0.1, 0.15) is 12.8 Å². The van der Waals surface area contributed by atoms with Crippen LogP contribution in [0, 0.1) is 16.0 Å². The lowest BCUT2D eigenvalue weighted by molar-refractivity contribution is -0.384. The Hall–Kier alpha value is -3.62. The molecule has 1 saturated heterocycles. The van der Waals surface area contributed by atoms with E-state index >= 15 is 0 Å². The second kappa shape index (κ2) is 11.0. The summed E-state index contributed by atoms with van der Waals surface area (Å²) in [5.41, 5.74) is 0.424. The van der Waals surface area contributed by atoms with Gasteiger partial charge in [-0.05, 0) is 31.0 Å². The average molecular weight is 426 g/mol. The molecule has 0 aliphatic carbocycles. The van der Waals surface area contributed by atoms with Gasteiger partial charge in [-0.1, -0.05) is 30.3 Å². The molecule has 1 aliphatic heterocycles. The van der Waals surface area contributed by atoms with Crippen molar-refractivity contribution < 1.29 is 19.2 Å². The summed E-state index contributed by atoms with van der Waals surface area (Å²) in [6.07, 6.45) is 1.20. The first kappa shape index (κ1) is 22.1. The van der Waals surface area contributed by atoms with E-state index in [9.17, 15) is 19.7 Å². The molecule has 0 aromatic heterocycles. The molecule has 0 radical (unpaired) electrons. The number of nitrogens with zero attached hydrogens (tertiary/aromatic N) is 2. The molecule has 0 spiro atoms. The Kier molecular flexibility index (Phi) is 7.80. The summed E-state index contributed by atoms with van der Waals surface area (Å²) in [6, 6.07) is 15.6.